The molecule has 0 spiro atoms. The fraction of sp³-hybridized carbons (Fsp3) is 0.407. The van der Waals surface area contributed by atoms with Gasteiger partial charge in [0.1, 0.15) is 5.84 Å². The second-order valence-corrected chi connectivity index (χ2v) is 9.81. The van der Waals surface area contributed by atoms with Gasteiger partial charge in [0.05, 0.1) is 47.8 Å². The number of carboxylic acids is 1. The minimum Gasteiger partial charge on any atom is -0.478 e. The molecule has 0 aromatic heterocycles. The molecule has 1 aliphatic rings. The normalized spacial score (nSPS) is 16.5. The van der Waals surface area contributed by atoms with Gasteiger partial charge in [0.25, 0.3) is 0 Å². The van der Waals surface area contributed by atoms with Crippen LogP contribution in [0.25, 0.3) is 0 Å². The van der Waals surface area contributed by atoms with Crippen molar-refractivity contribution in [1.82, 2.24) is 15.7 Å². The Morgan fingerprint density at radius 3 is 2.59 bits per heavy atom. The predicted octanol–water partition coefficient (Wildman–Crippen LogP) is 4.83. The zero-order chi connectivity index (χ0) is 30.3. The number of carbonyl (C=O) groups excluding carboxylic acids is 2. The summed E-state index contributed by atoms with van der Waals surface area (Å²) >= 11 is 5.74. The molecule has 1 aliphatic heterocycles. The Morgan fingerprint density at radius 1 is 1.24 bits per heavy atom. The molecule has 0 saturated heterocycles. The molecule has 0 bridgehead atoms. The number of nitrogens with two attached hydrogens (primary N) is 1. The zero-order valence-corrected chi connectivity index (χ0v) is 23.2. The van der Waals surface area contributed by atoms with E-state index in [0.29, 0.717) is 18.4 Å². The highest BCUT2D eigenvalue weighted by molar-refractivity contribution is 6.31. The summed E-state index contributed by atoms with van der Waals surface area (Å²) in [5.41, 5.74) is 8.17. The quantitative estimate of drug-likeness (QED) is 0.239. The van der Waals surface area contributed by atoms with E-state index < -0.39 is 46.6 Å². The molecule has 3 amide bonds. The lowest BCUT2D eigenvalue weighted by Gasteiger charge is -2.27. The van der Waals surface area contributed by atoms with Crippen LogP contribution >= 0.6 is 11.6 Å². The number of anilines is 1. The number of imide groups is 1. The van der Waals surface area contributed by atoms with Crippen LogP contribution in [0.15, 0.2) is 41.4 Å². The van der Waals surface area contributed by atoms with Crippen LogP contribution in [-0.4, -0.2) is 53.4 Å². The lowest BCUT2D eigenvalue weighted by atomic mass is 9.96. The highest BCUT2D eigenvalue weighted by atomic mass is 35.5. The van der Waals surface area contributed by atoms with Crippen LogP contribution in [0.4, 0.5) is 23.7 Å². The maximum atomic E-state index is 13.6. The number of hydrogen-bond donors (Lipinski definition) is 4. The number of rotatable bonds is 9. The van der Waals surface area contributed by atoms with Gasteiger partial charge in [0.2, 0.25) is 5.91 Å². The van der Waals surface area contributed by atoms with Crippen molar-refractivity contribution in [1.29, 1.82) is 0 Å². The van der Waals surface area contributed by atoms with Crippen LogP contribution in [0.3, 0.4) is 0 Å². The fourth-order valence-corrected chi connectivity index (χ4v) is 4.60. The highest BCUT2D eigenvalue weighted by Crippen LogP contribution is 2.35. The van der Waals surface area contributed by atoms with Crippen LogP contribution in [0.5, 0.6) is 0 Å². The number of halogens is 4. The van der Waals surface area contributed by atoms with Crippen molar-refractivity contribution >= 4 is 41.0 Å². The number of nitrogens with zero attached hydrogens (tertiary/aromatic N) is 2. The summed E-state index contributed by atoms with van der Waals surface area (Å²) < 4.78 is 40.2. The molecule has 0 saturated carbocycles. The third-order valence-corrected chi connectivity index (χ3v) is 6.74. The summed E-state index contributed by atoms with van der Waals surface area (Å²) in [7, 11) is 0. The molecule has 0 radical (unpaired) electrons. The molecule has 1 heterocycles. The van der Waals surface area contributed by atoms with E-state index in [1.54, 1.807) is 6.92 Å². The van der Waals surface area contributed by atoms with Gasteiger partial charge >= 0.3 is 18.2 Å². The number of urea groups is 1. The van der Waals surface area contributed by atoms with Crippen LogP contribution < -0.4 is 16.5 Å². The molecule has 222 valence electrons. The number of carboxylic acid groups (broad SMARTS) is 1. The van der Waals surface area contributed by atoms with E-state index >= 15 is 0 Å². The third kappa shape index (κ3) is 8.10. The summed E-state index contributed by atoms with van der Waals surface area (Å²) in [5.74, 6) is -2.60. The third-order valence-electron chi connectivity index (χ3n) is 6.41. The standard InChI is InChI=1S/C27H31ClF3N5O5/c1-3-5-22(16-7-8-18(25(38)39)21(32)12-16)34-26(40)36-14-23(35-41-4-2)33-13-17(24(36)37)10-15-6-9-20(28)19(11-15)27(29,30)31/h6-9,11-12,17,22H,3-5,10,13-14,32H2,1-2H3,(H,33,35)(H,34,40)(H,38,39)/t17-,22-/m1/s1. The van der Waals surface area contributed by atoms with Crippen molar-refractivity contribution in [3.63, 3.8) is 0 Å². The summed E-state index contributed by atoms with van der Waals surface area (Å²) in [6.45, 7) is 3.50. The molecule has 3 rings (SSSR count). The first-order valence-corrected chi connectivity index (χ1v) is 13.2. The highest BCUT2D eigenvalue weighted by Gasteiger charge is 2.36. The molecule has 2 aromatic rings. The fourth-order valence-electron chi connectivity index (χ4n) is 4.37. The maximum Gasteiger partial charge on any atom is 0.417 e. The van der Waals surface area contributed by atoms with Crippen molar-refractivity contribution < 1.29 is 37.5 Å². The van der Waals surface area contributed by atoms with E-state index in [2.05, 4.69) is 15.8 Å². The van der Waals surface area contributed by atoms with E-state index in [1.807, 2.05) is 6.92 Å². The number of benzene rings is 2. The Hall–Kier alpha value is -3.84. The molecule has 10 nitrogen and oxygen atoms in total. The first kappa shape index (κ1) is 31.7. The Bertz CT molecular complexity index is 1320. The number of amides is 3. The van der Waals surface area contributed by atoms with Crippen LogP contribution in [0.1, 0.15) is 59.8 Å². The molecule has 0 fully saturated rings. The number of hydroxylamine groups is 1. The van der Waals surface area contributed by atoms with Gasteiger partial charge in [-0.1, -0.05) is 37.1 Å². The lowest BCUT2D eigenvalue weighted by Crippen LogP contribution is -2.50. The molecule has 41 heavy (non-hydrogen) atoms. The maximum absolute atomic E-state index is 13.6. The minimum absolute atomic E-state index is 0.0211. The largest absolute Gasteiger partial charge is 0.478 e. The second-order valence-electron chi connectivity index (χ2n) is 9.40. The van der Waals surface area contributed by atoms with Crippen molar-refractivity contribution in [2.45, 2.75) is 45.3 Å². The van der Waals surface area contributed by atoms with Gasteiger partial charge < -0.3 is 16.2 Å². The number of hydrogen-bond acceptors (Lipinski definition) is 7. The van der Waals surface area contributed by atoms with Gasteiger partial charge in [-0.2, -0.15) is 13.2 Å². The Balaban J connectivity index is 1.89. The number of carbonyl (C=O) groups is 3. The van der Waals surface area contributed by atoms with Crippen molar-refractivity contribution in [2.75, 3.05) is 25.4 Å². The molecule has 2 atom stereocenters. The van der Waals surface area contributed by atoms with Gasteiger partial charge in [-0.05, 0) is 55.2 Å². The van der Waals surface area contributed by atoms with E-state index in [4.69, 9.17) is 22.2 Å². The summed E-state index contributed by atoms with van der Waals surface area (Å²) in [6, 6.07) is 6.36. The van der Waals surface area contributed by atoms with Crippen LogP contribution in [0.2, 0.25) is 5.02 Å². The Labute approximate surface area is 239 Å². The smallest absolute Gasteiger partial charge is 0.417 e. The minimum atomic E-state index is -4.68. The number of alkyl halides is 3. The first-order valence-electron chi connectivity index (χ1n) is 12.9. The molecule has 0 unspecified atom stereocenters. The zero-order valence-electron chi connectivity index (χ0n) is 22.4. The van der Waals surface area contributed by atoms with Crippen molar-refractivity contribution in [2.24, 2.45) is 10.9 Å². The topological polar surface area (TPSA) is 146 Å². The molecular weight excluding hydrogens is 567 g/mol. The number of nitrogen functional groups attached to an aromatic ring is 1. The van der Waals surface area contributed by atoms with E-state index in [-0.39, 0.29) is 48.8 Å². The summed E-state index contributed by atoms with van der Waals surface area (Å²) in [4.78, 5) is 48.9. The van der Waals surface area contributed by atoms with E-state index in [0.717, 1.165) is 17.0 Å². The number of aromatic carboxylic acids is 1. The van der Waals surface area contributed by atoms with Gasteiger partial charge in [-0.3, -0.25) is 25.0 Å². The van der Waals surface area contributed by atoms with E-state index in [1.165, 1.54) is 24.3 Å². The molecule has 5 N–H and O–H groups in total. The van der Waals surface area contributed by atoms with Gasteiger partial charge in [0.15, 0.2) is 0 Å². The second kappa shape index (κ2) is 13.7. The van der Waals surface area contributed by atoms with Crippen molar-refractivity contribution in [3.05, 3.63) is 63.7 Å². The van der Waals surface area contributed by atoms with Gasteiger partial charge in [-0.15, -0.1) is 0 Å². The SMILES string of the molecule is CCC[C@@H](NC(=O)N1CC(NOCC)=NC[C@@H](Cc2ccc(Cl)c(C(F)(F)F)c2)C1=O)c1ccc(C(=O)O)c(N)c1. The summed E-state index contributed by atoms with van der Waals surface area (Å²) in [6.07, 6.45) is -3.72. The van der Waals surface area contributed by atoms with Crippen LogP contribution in [-0.2, 0) is 22.2 Å². The van der Waals surface area contributed by atoms with Gasteiger partial charge in [-0.25, -0.2) is 9.59 Å². The molecular formula is C27H31ClF3N5O5. The average Bonchev–Trinajstić information content (AvgIpc) is 3.06. The average molecular weight is 598 g/mol. The number of nitrogens with one attached hydrogen (secondary N) is 2. The predicted molar refractivity (Wildman–Crippen MR) is 146 cm³/mol. The van der Waals surface area contributed by atoms with Crippen LogP contribution in [0, 0.1) is 5.92 Å². The molecule has 14 heteroatoms. The number of aliphatic imine (C=N–C) groups is 1. The monoisotopic (exact) mass is 597 g/mol. The Morgan fingerprint density at radius 2 is 1.98 bits per heavy atom. The van der Waals surface area contributed by atoms with Gasteiger partial charge in [0, 0.05) is 5.69 Å². The first-order chi connectivity index (χ1) is 19.3. The summed E-state index contributed by atoms with van der Waals surface area (Å²) in [5, 5.41) is 11.6. The number of amidine groups is 1. The molecule has 0 aliphatic carbocycles. The van der Waals surface area contributed by atoms with E-state index in [9.17, 15) is 32.7 Å². The van der Waals surface area contributed by atoms with Crippen molar-refractivity contribution in [3.8, 4) is 0 Å². The lowest BCUT2D eigenvalue weighted by molar-refractivity contribution is -0.137. The Kier molecular flexibility index (Phi) is 10.6. The molecule has 2 aromatic carbocycles.